The van der Waals surface area contributed by atoms with Crippen LogP contribution in [0, 0.1) is 5.92 Å². The minimum absolute atomic E-state index is 0.00388. The Kier molecular flexibility index (Phi) is 8.73. The molecule has 1 atom stereocenters. The highest BCUT2D eigenvalue weighted by Gasteiger charge is 2.44. The number of benzene rings is 1. The lowest BCUT2D eigenvalue weighted by atomic mass is 9.77. The van der Waals surface area contributed by atoms with Crippen LogP contribution in [0.5, 0.6) is 0 Å². The highest BCUT2D eigenvalue weighted by atomic mass is 16.6. The Morgan fingerprint density at radius 3 is 1.86 bits per heavy atom. The first-order valence-corrected chi connectivity index (χ1v) is 12.6. The molecule has 0 spiro atoms. The number of fused-ring (bicyclic) bond motifs is 1. The molecule has 1 aromatic heterocycles. The number of aromatic nitrogens is 1. The fourth-order valence-corrected chi connectivity index (χ4v) is 4.29. The van der Waals surface area contributed by atoms with E-state index in [0.717, 1.165) is 5.39 Å². The monoisotopic (exact) mass is 508 g/mol. The fraction of sp³-hybridized carbons (Fsp3) is 0.448. The molecule has 1 aliphatic heterocycles. The minimum Gasteiger partial charge on any atom is -0.460 e. The van der Waals surface area contributed by atoms with Crippen LogP contribution in [0.25, 0.3) is 10.9 Å². The van der Waals surface area contributed by atoms with E-state index >= 15 is 0 Å². The number of para-hydroxylation sites is 1. The normalized spacial score (nSPS) is 16.1. The van der Waals surface area contributed by atoms with Crippen LogP contribution >= 0.6 is 0 Å². The molecule has 0 saturated heterocycles. The van der Waals surface area contributed by atoms with Crippen LogP contribution in [0.4, 0.5) is 0 Å². The molecule has 0 amide bonds. The highest BCUT2D eigenvalue weighted by molar-refractivity contribution is 6.07. The Bertz CT molecular complexity index is 1250. The van der Waals surface area contributed by atoms with Gasteiger partial charge in [-0.15, -0.1) is 0 Å². The maximum absolute atomic E-state index is 13.7. The van der Waals surface area contributed by atoms with Crippen LogP contribution in [-0.4, -0.2) is 41.2 Å². The van der Waals surface area contributed by atoms with Crippen molar-refractivity contribution in [3.8, 4) is 0 Å². The van der Waals surface area contributed by atoms with Gasteiger partial charge in [0.15, 0.2) is 0 Å². The van der Waals surface area contributed by atoms with Gasteiger partial charge < -0.3 is 19.5 Å². The lowest BCUT2D eigenvalue weighted by molar-refractivity contribution is -0.147. The molecule has 1 aromatic carbocycles. The smallest absolute Gasteiger partial charge is 0.355 e. The summed E-state index contributed by atoms with van der Waals surface area (Å²) in [5, 5.41) is 3.82. The summed E-state index contributed by atoms with van der Waals surface area (Å²) in [7, 11) is 0. The predicted molar refractivity (Wildman–Crippen MR) is 140 cm³/mol. The number of carbonyl (C=O) groups is 3. The third kappa shape index (κ3) is 6.18. The Balaban J connectivity index is 2.43. The molecule has 2 heterocycles. The maximum atomic E-state index is 13.7. The van der Waals surface area contributed by atoms with E-state index in [0.29, 0.717) is 16.8 Å². The first kappa shape index (κ1) is 27.9. The van der Waals surface area contributed by atoms with Gasteiger partial charge in [-0.05, 0) is 65.2 Å². The second-order valence-corrected chi connectivity index (χ2v) is 10.1. The van der Waals surface area contributed by atoms with Crippen molar-refractivity contribution in [2.45, 2.75) is 79.6 Å². The SMILES string of the molecule is CC(C)OC(=O)C1=C(C(=O)OC(C)C)C(c2ccnc3ccccc23)C(C(=O)OC(C)C)=C(C(C)C)N1. The molecule has 8 heteroatoms. The number of dihydropyridines is 1. The lowest BCUT2D eigenvalue weighted by Crippen LogP contribution is -2.39. The van der Waals surface area contributed by atoms with Crippen molar-refractivity contribution in [1.29, 1.82) is 0 Å². The molecule has 8 nitrogen and oxygen atoms in total. The Morgan fingerprint density at radius 2 is 1.30 bits per heavy atom. The largest absolute Gasteiger partial charge is 0.460 e. The number of nitrogens with one attached hydrogen (secondary N) is 1. The molecule has 1 aliphatic rings. The van der Waals surface area contributed by atoms with Crippen molar-refractivity contribution in [3.05, 3.63) is 64.6 Å². The van der Waals surface area contributed by atoms with Gasteiger partial charge in [0, 0.05) is 17.3 Å². The van der Waals surface area contributed by atoms with Crippen LogP contribution < -0.4 is 5.32 Å². The summed E-state index contributed by atoms with van der Waals surface area (Å²) in [4.78, 5) is 45.2. The van der Waals surface area contributed by atoms with E-state index in [2.05, 4.69) is 10.3 Å². The molecular weight excluding hydrogens is 472 g/mol. The zero-order chi connectivity index (χ0) is 27.4. The number of hydrogen-bond acceptors (Lipinski definition) is 8. The lowest BCUT2D eigenvalue weighted by Gasteiger charge is -2.34. The molecule has 3 rings (SSSR count). The van der Waals surface area contributed by atoms with Gasteiger partial charge in [0.2, 0.25) is 0 Å². The number of pyridine rings is 1. The quantitative estimate of drug-likeness (QED) is 0.395. The van der Waals surface area contributed by atoms with Crippen molar-refractivity contribution >= 4 is 28.8 Å². The zero-order valence-corrected chi connectivity index (χ0v) is 22.7. The van der Waals surface area contributed by atoms with E-state index < -0.39 is 42.1 Å². The average Bonchev–Trinajstić information content (AvgIpc) is 2.80. The average molecular weight is 509 g/mol. The maximum Gasteiger partial charge on any atom is 0.355 e. The number of allylic oxidation sites excluding steroid dienone is 1. The molecule has 2 aromatic rings. The van der Waals surface area contributed by atoms with Crippen molar-refractivity contribution in [2.24, 2.45) is 5.92 Å². The second-order valence-electron chi connectivity index (χ2n) is 10.1. The Labute approximate surface area is 218 Å². The van der Waals surface area contributed by atoms with E-state index in [9.17, 15) is 14.4 Å². The summed E-state index contributed by atoms with van der Waals surface area (Å²) in [5.74, 6) is -3.18. The van der Waals surface area contributed by atoms with Gasteiger partial charge in [0.05, 0.1) is 40.9 Å². The molecule has 37 heavy (non-hydrogen) atoms. The van der Waals surface area contributed by atoms with Gasteiger partial charge in [-0.3, -0.25) is 4.98 Å². The molecule has 0 fully saturated rings. The van der Waals surface area contributed by atoms with Gasteiger partial charge in [-0.2, -0.15) is 0 Å². The number of esters is 3. The van der Waals surface area contributed by atoms with Gasteiger partial charge in [0.1, 0.15) is 5.70 Å². The topological polar surface area (TPSA) is 104 Å². The van der Waals surface area contributed by atoms with Crippen molar-refractivity contribution in [3.63, 3.8) is 0 Å². The first-order valence-electron chi connectivity index (χ1n) is 12.6. The van der Waals surface area contributed by atoms with Crippen LogP contribution in [0.15, 0.2) is 59.1 Å². The Hall–Kier alpha value is -3.68. The van der Waals surface area contributed by atoms with Gasteiger partial charge in [-0.1, -0.05) is 32.0 Å². The molecule has 0 saturated carbocycles. The molecule has 0 aliphatic carbocycles. The van der Waals surface area contributed by atoms with Crippen LogP contribution in [0.2, 0.25) is 0 Å². The first-order chi connectivity index (χ1) is 17.4. The fourth-order valence-electron chi connectivity index (χ4n) is 4.29. The zero-order valence-electron chi connectivity index (χ0n) is 22.7. The molecular formula is C29H36N2O6. The van der Waals surface area contributed by atoms with Crippen LogP contribution in [-0.2, 0) is 28.6 Å². The standard InChI is InChI=1S/C29H36N2O6/c1-15(2)25-23(27(32)35-16(3)4)22(20-13-14-30-21-12-10-9-11-19(20)21)24(28(33)36-17(5)6)26(31-25)29(34)37-18(7)8/h9-18,22,31H,1-8H3. The summed E-state index contributed by atoms with van der Waals surface area (Å²) in [6.45, 7) is 14.2. The third-order valence-electron chi connectivity index (χ3n) is 5.64. The van der Waals surface area contributed by atoms with Crippen LogP contribution in [0.3, 0.4) is 0 Å². The minimum atomic E-state index is -0.959. The number of nitrogens with zero attached hydrogens (tertiary/aromatic N) is 1. The van der Waals surface area contributed by atoms with E-state index in [1.54, 1.807) is 53.8 Å². The van der Waals surface area contributed by atoms with Crippen molar-refractivity contribution in [1.82, 2.24) is 10.3 Å². The van der Waals surface area contributed by atoms with E-state index in [1.165, 1.54) is 0 Å². The van der Waals surface area contributed by atoms with Crippen molar-refractivity contribution in [2.75, 3.05) is 0 Å². The molecule has 1 unspecified atom stereocenters. The summed E-state index contributed by atoms with van der Waals surface area (Å²) in [6.07, 6.45) is 0.338. The number of hydrogen-bond donors (Lipinski definition) is 1. The number of ether oxygens (including phenoxy) is 3. The van der Waals surface area contributed by atoms with Crippen LogP contribution in [0.1, 0.15) is 66.9 Å². The number of rotatable bonds is 8. The van der Waals surface area contributed by atoms with E-state index in [-0.39, 0.29) is 22.8 Å². The highest BCUT2D eigenvalue weighted by Crippen LogP contribution is 2.43. The predicted octanol–water partition coefficient (Wildman–Crippen LogP) is 4.94. The van der Waals surface area contributed by atoms with E-state index in [4.69, 9.17) is 14.2 Å². The second kappa shape index (κ2) is 11.6. The summed E-state index contributed by atoms with van der Waals surface area (Å²) in [6, 6.07) is 9.20. The molecule has 0 radical (unpaired) electrons. The van der Waals surface area contributed by atoms with E-state index in [1.807, 2.05) is 38.1 Å². The Morgan fingerprint density at radius 1 is 0.757 bits per heavy atom. The summed E-state index contributed by atoms with van der Waals surface area (Å²) < 4.78 is 16.8. The van der Waals surface area contributed by atoms with Gasteiger partial charge in [0.25, 0.3) is 0 Å². The summed E-state index contributed by atoms with van der Waals surface area (Å²) in [5.41, 5.74) is 1.99. The third-order valence-corrected chi connectivity index (χ3v) is 5.64. The molecule has 0 bridgehead atoms. The molecule has 198 valence electrons. The van der Waals surface area contributed by atoms with Gasteiger partial charge >= 0.3 is 17.9 Å². The molecule has 1 N–H and O–H groups in total. The number of carbonyl (C=O) groups excluding carboxylic acids is 3. The van der Waals surface area contributed by atoms with Gasteiger partial charge in [-0.25, -0.2) is 14.4 Å². The van der Waals surface area contributed by atoms with Crippen molar-refractivity contribution < 1.29 is 28.6 Å². The summed E-state index contributed by atoms with van der Waals surface area (Å²) >= 11 is 0.